The molecule has 0 bridgehead atoms. The van der Waals surface area contributed by atoms with Crippen molar-refractivity contribution in [2.24, 2.45) is 4.99 Å². The Hall–Kier alpha value is -2.49. The molecular formula is C19H17ClN2O5S2. The number of sulfone groups is 1. The quantitative estimate of drug-likeness (QED) is 0.554. The van der Waals surface area contributed by atoms with Crippen LogP contribution in [0.4, 0.5) is 0 Å². The van der Waals surface area contributed by atoms with Crippen molar-refractivity contribution in [3.8, 4) is 0 Å². The van der Waals surface area contributed by atoms with Crippen LogP contribution in [0.25, 0.3) is 10.2 Å². The lowest BCUT2D eigenvalue weighted by Gasteiger charge is -2.04. The number of esters is 1. The van der Waals surface area contributed by atoms with Crippen molar-refractivity contribution < 1.29 is 22.7 Å². The molecule has 0 N–H and O–H groups in total. The number of carbonyl (C=O) groups is 2. The van der Waals surface area contributed by atoms with Crippen LogP contribution in [0, 0.1) is 0 Å². The summed E-state index contributed by atoms with van der Waals surface area (Å²) in [7, 11) is -2.18. The summed E-state index contributed by atoms with van der Waals surface area (Å²) >= 11 is 7.23. The Bertz CT molecular complexity index is 1280. The maximum Gasteiger partial charge on any atom is 0.325 e. The molecule has 0 aliphatic carbocycles. The van der Waals surface area contributed by atoms with Gasteiger partial charge in [-0.15, -0.1) is 0 Å². The number of benzene rings is 2. The van der Waals surface area contributed by atoms with Gasteiger partial charge in [-0.2, -0.15) is 4.99 Å². The molecule has 0 fully saturated rings. The van der Waals surface area contributed by atoms with Gasteiger partial charge in [0, 0.05) is 10.6 Å². The Labute approximate surface area is 176 Å². The number of fused-ring (bicyclic) bond motifs is 1. The Morgan fingerprint density at radius 1 is 1.21 bits per heavy atom. The maximum atomic E-state index is 12.7. The van der Waals surface area contributed by atoms with Crippen LogP contribution in [0.1, 0.15) is 17.3 Å². The number of hydrogen-bond donors (Lipinski definition) is 0. The molecule has 1 aromatic heterocycles. The van der Waals surface area contributed by atoms with Crippen LogP contribution in [-0.4, -0.2) is 37.7 Å². The van der Waals surface area contributed by atoms with Gasteiger partial charge in [-0.3, -0.25) is 9.59 Å². The maximum absolute atomic E-state index is 12.7. The van der Waals surface area contributed by atoms with E-state index in [2.05, 4.69) is 4.99 Å². The molecule has 2 aromatic carbocycles. The molecule has 152 valence electrons. The van der Waals surface area contributed by atoms with E-state index in [1.807, 2.05) is 0 Å². The molecule has 10 heteroatoms. The first kappa shape index (κ1) is 21.2. The highest BCUT2D eigenvalue weighted by molar-refractivity contribution is 7.91. The van der Waals surface area contributed by atoms with Crippen LogP contribution in [-0.2, 0) is 25.9 Å². The number of carbonyl (C=O) groups excluding carboxylic acids is 2. The van der Waals surface area contributed by atoms with E-state index in [-0.39, 0.29) is 27.6 Å². The number of thiazole rings is 1. The van der Waals surface area contributed by atoms with Crippen molar-refractivity contribution in [3.63, 3.8) is 0 Å². The minimum atomic E-state index is -3.45. The highest BCUT2D eigenvalue weighted by Gasteiger charge is 2.16. The van der Waals surface area contributed by atoms with E-state index in [9.17, 15) is 18.0 Å². The molecule has 0 unspecified atom stereocenters. The SMILES string of the molecule is CCS(=O)(=O)c1cccc(C(=O)N=c2sc3cc(Cl)ccc3n2CC(=O)OC)c1. The first-order chi connectivity index (χ1) is 13.7. The zero-order chi connectivity index (χ0) is 21.2. The van der Waals surface area contributed by atoms with E-state index < -0.39 is 21.7 Å². The summed E-state index contributed by atoms with van der Waals surface area (Å²) in [6.45, 7) is 1.40. The minimum Gasteiger partial charge on any atom is -0.468 e. The van der Waals surface area contributed by atoms with Crippen molar-refractivity contribution in [1.29, 1.82) is 0 Å². The van der Waals surface area contributed by atoms with Crippen LogP contribution < -0.4 is 4.80 Å². The highest BCUT2D eigenvalue weighted by Crippen LogP contribution is 2.22. The molecule has 0 aliphatic heterocycles. The summed E-state index contributed by atoms with van der Waals surface area (Å²) in [6.07, 6.45) is 0. The smallest absolute Gasteiger partial charge is 0.325 e. The topological polar surface area (TPSA) is 94.8 Å². The third-order valence-electron chi connectivity index (χ3n) is 4.18. The lowest BCUT2D eigenvalue weighted by molar-refractivity contribution is -0.141. The van der Waals surface area contributed by atoms with Crippen LogP contribution in [0.15, 0.2) is 52.4 Å². The largest absolute Gasteiger partial charge is 0.468 e. The standard InChI is InChI=1S/C19H17ClN2O5S2/c1-3-29(25,26)14-6-4-5-12(9-14)18(24)21-19-22(11-17(23)27-2)15-8-7-13(20)10-16(15)28-19/h4-10H,3,11H2,1-2H3. The van der Waals surface area contributed by atoms with Crippen molar-refractivity contribution in [1.82, 2.24) is 4.57 Å². The van der Waals surface area contributed by atoms with Gasteiger partial charge in [0.15, 0.2) is 14.6 Å². The van der Waals surface area contributed by atoms with Gasteiger partial charge >= 0.3 is 5.97 Å². The number of hydrogen-bond acceptors (Lipinski definition) is 6. The van der Waals surface area contributed by atoms with Crippen LogP contribution in [0.5, 0.6) is 0 Å². The molecule has 29 heavy (non-hydrogen) atoms. The molecule has 0 spiro atoms. The fourth-order valence-corrected chi connectivity index (χ4v) is 4.85. The minimum absolute atomic E-state index is 0.0617. The second-order valence-corrected chi connectivity index (χ2v) is 9.73. The normalized spacial score (nSPS) is 12.3. The second-order valence-electron chi connectivity index (χ2n) is 6.01. The fraction of sp³-hybridized carbons (Fsp3) is 0.211. The van der Waals surface area contributed by atoms with Gasteiger partial charge < -0.3 is 9.30 Å². The number of amides is 1. The first-order valence-corrected chi connectivity index (χ1v) is 11.4. The number of rotatable bonds is 5. The zero-order valence-corrected chi connectivity index (χ0v) is 18.0. The van der Waals surface area contributed by atoms with Crippen LogP contribution in [0.2, 0.25) is 5.02 Å². The lowest BCUT2D eigenvalue weighted by atomic mass is 10.2. The molecule has 0 radical (unpaired) electrons. The van der Waals surface area contributed by atoms with Crippen molar-refractivity contribution >= 4 is 54.9 Å². The monoisotopic (exact) mass is 452 g/mol. The molecule has 1 heterocycles. The van der Waals surface area contributed by atoms with Crippen molar-refractivity contribution in [2.75, 3.05) is 12.9 Å². The molecule has 1 amide bonds. The summed E-state index contributed by atoms with van der Waals surface area (Å²) in [5, 5.41) is 0.513. The second kappa shape index (κ2) is 8.48. The van der Waals surface area contributed by atoms with Crippen molar-refractivity contribution in [2.45, 2.75) is 18.4 Å². The van der Waals surface area contributed by atoms with Gasteiger partial charge in [0.25, 0.3) is 5.91 Å². The predicted octanol–water partition coefficient (Wildman–Crippen LogP) is 3.06. The van der Waals surface area contributed by atoms with Gasteiger partial charge in [-0.25, -0.2) is 8.42 Å². The van der Waals surface area contributed by atoms with Crippen LogP contribution in [0.3, 0.4) is 0 Å². The third-order valence-corrected chi connectivity index (χ3v) is 7.19. The Morgan fingerprint density at radius 3 is 2.66 bits per heavy atom. The van der Waals surface area contributed by atoms with Gasteiger partial charge in [-0.05, 0) is 36.4 Å². The van der Waals surface area contributed by atoms with E-state index in [1.54, 1.807) is 22.8 Å². The Kier molecular flexibility index (Phi) is 6.21. The molecule has 3 aromatic rings. The summed E-state index contributed by atoms with van der Waals surface area (Å²) in [5.41, 5.74) is 0.818. The average molecular weight is 453 g/mol. The van der Waals surface area contributed by atoms with Crippen molar-refractivity contribution in [3.05, 3.63) is 57.9 Å². The summed E-state index contributed by atoms with van der Waals surface area (Å²) in [6, 6.07) is 10.9. The third kappa shape index (κ3) is 4.58. The highest BCUT2D eigenvalue weighted by atomic mass is 35.5. The molecule has 0 saturated carbocycles. The molecule has 0 aliphatic rings. The van der Waals surface area contributed by atoms with Gasteiger partial charge in [-0.1, -0.05) is 35.9 Å². The summed E-state index contributed by atoms with van der Waals surface area (Å²) < 4.78 is 31.2. The summed E-state index contributed by atoms with van der Waals surface area (Å²) in [4.78, 5) is 29.0. The molecule has 0 saturated heterocycles. The van der Waals surface area contributed by atoms with Gasteiger partial charge in [0.1, 0.15) is 6.54 Å². The summed E-state index contributed by atoms with van der Waals surface area (Å²) in [5.74, 6) is -1.18. The average Bonchev–Trinajstić information content (AvgIpc) is 3.03. The number of nitrogens with zero attached hydrogens (tertiary/aromatic N) is 2. The number of halogens is 1. The number of ether oxygens (including phenoxy) is 1. The fourth-order valence-electron chi connectivity index (χ4n) is 2.62. The van der Waals surface area contributed by atoms with E-state index in [0.29, 0.717) is 10.5 Å². The zero-order valence-electron chi connectivity index (χ0n) is 15.6. The van der Waals surface area contributed by atoms with E-state index in [1.165, 1.54) is 49.6 Å². The Balaban J connectivity index is 2.12. The molecule has 0 atom stereocenters. The van der Waals surface area contributed by atoms with E-state index in [0.717, 1.165) is 4.70 Å². The van der Waals surface area contributed by atoms with E-state index in [4.69, 9.17) is 16.3 Å². The van der Waals surface area contributed by atoms with Crippen LogP contribution >= 0.6 is 22.9 Å². The first-order valence-electron chi connectivity index (χ1n) is 8.52. The molecule has 3 rings (SSSR count). The van der Waals surface area contributed by atoms with Gasteiger partial charge in [0.2, 0.25) is 0 Å². The Morgan fingerprint density at radius 2 is 1.97 bits per heavy atom. The van der Waals surface area contributed by atoms with E-state index >= 15 is 0 Å². The number of aromatic nitrogens is 1. The molecule has 7 nitrogen and oxygen atoms in total. The molecular weight excluding hydrogens is 436 g/mol. The predicted molar refractivity (Wildman–Crippen MR) is 111 cm³/mol. The lowest BCUT2D eigenvalue weighted by Crippen LogP contribution is -2.22. The number of methoxy groups -OCH3 is 1. The van der Waals surface area contributed by atoms with Gasteiger partial charge in [0.05, 0.1) is 28.0 Å².